The van der Waals surface area contributed by atoms with Crippen LogP contribution in [0.2, 0.25) is 0 Å². The van der Waals surface area contributed by atoms with Gasteiger partial charge in [-0.2, -0.15) is 0 Å². The van der Waals surface area contributed by atoms with E-state index in [1.807, 2.05) is 12.1 Å². The molecule has 0 fully saturated rings. The van der Waals surface area contributed by atoms with Crippen molar-refractivity contribution in [2.24, 2.45) is 5.84 Å². The van der Waals surface area contributed by atoms with Crippen LogP contribution in [0.15, 0.2) is 42.7 Å². The molecule has 1 unspecified atom stereocenters. The molecule has 1 aliphatic rings. The van der Waals surface area contributed by atoms with Gasteiger partial charge >= 0.3 is 0 Å². The van der Waals surface area contributed by atoms with Crippen LogP contribution in [0.5, 0.6) is 0 Å². The smallest absolute Gasteiger partial charge is 0.254 e. The molecule has 21 heavy (non-hydrogen) atoms. The molecule has 1 aromatic carbocycles. The van der Waals surface area contributed by atoms with E-state index in [1.165, 1.54) is 11.1 Å². The van der Waals surface area contributed by atoms with Crippen LogP contribution in [-0.4, -0.2) is 10.9 Å². The van der Waals surface area contributed by atoms with E-state index in [-0.39, 0.29) is 11.9 Å². The lowest BCUT2D eigenvalue weighted by Gasteiger charge is -2.26. The van der Waals surface area contributed by atoms with Gasteiger partial charge in [0, 0.05) is 6.20 Å². The van der Waals surface area contributed by atoms with Crippen molar-refractivity contribution in [1.82, 2.24) is 10.3 Å². The summed E-state index contributed by atoms with van der Waals surface area (Å²) in [5.74, 6) is 5.30. The zero-order valence-electron chi connectivity index (χ0n) is 11.7. The molecule has 0 aliphatic heterocycles. The number of anilines is 1. The second-order valence-electron chi connectivity index (χ2n) is 5.18. The van der Waals surface area contributed by atoms with Crippen molar-refractivity contribution in [2.45, 2.75) is 25.3 Å². The molecular formula is C16H18N4O. The SMILES string of the molecule is NNc1cnccc1C(=O)NC1CCCc2ccccc21. The number of carbonyl (C=O) groups is 1. The van der Waals surface area contributed by atoms with E-state index in [2.05, 4.69) is 27.9 Å². The molecule has 1 amide bonds. The van der Waals surface area contributed by atoms with E-state index in [9.17, 15) is 4.79 Å². The number of carbonyl (C=O) groups excluding carboxylic acids is 1. The first-order valence-corrected chi connectivity index (χ1v) is 7.09. The molecule has 1 heterocycles. The molecule has 108 valence electrons. The van der Waals surface area contributed by atoms with Crippen LogP contribution in [0.3, 0.4) is 0 Å². The number of nitrogen functional groups attached to an aromatic ring is 1. The van der Waals surface area contributed by atoms with Gasteiger partial charge in [-0.05, 0) is 36.5 Å². The van der Waals surface area contributed by atoms with Crippen molar-refractivity contribution in [3.8, 4) is 0 Å². The van der Waals surface area contributed by atoms with Crippen molar-refractivity contribution in [3.63, 3.8) is 0 Å². The minimum absolute atomic E-state index is 0.0567. The Kier molecular flexibility index (Phi) is 3.83. The first-order chi connectivity index (χ1) is 10.3. The summed E-state index contributed by atoms with van der Waals surface area (Å²) in [4.78, 5) is 16.4. The van der Waals surface area contributed by atoms with Gasteiger partial charge in [0.05, 0.1) is 23.5 Å². The molecule has 5 nitrogen and oxygen atoms in total. The monoisotopic (exact) mass is 282 g/mol. The van der Waals surface area contributed by atoms with Crippen molar-refractivity contribution < 1.29 is 4.79 Å². The van der Waals surface area contributed by atoms with E-state index in [0.29, 0.717) is 11.3 Å². The molecular weight excluding hydrogens is 264 g/mol. The van der Waals surface area contributed by atoms with Gasteiger partial charge in [0.15, 0.2) is 0 Å². The van der Waals surface area contributed by atoms with E-state index >= 15 is 0 Å². The molecule has 0 radical (unpaired) electrons. The molecule has 1 aromatic heterocycles. The Morgan fingerprint density at radius 2 is 2.14 bits per heavy atom. The van der Waals surface area contributed by atoms with E-state index in [1.54, 1.807) is 18.5 Å². The Morgan fingerprint density at radius 1 is 1.29 bits per heavy atom. The van der Waals surface area contributed by atoms with Gasteiger partial charge in [-0.15, -0.1) is 0 Å². The fraction of sp³-hybridized carbons (Fsp3) is 0.250. The Morgan fingerprint density at radius 3 is 3.00 bits per heavy atom. The molecule has 1 atom stereocenters. The quantitative estimate of drug-likeness (QED) is 0.595. The topological polar surface area (TPSA) is 80.0 Å². The Balaban J connectivity index is 1.83. The highest BCUT2D eigenvalue weighted by molar-refractivity contribution is 5.99. The zero-order valence-corrected chi connectivity index (χ0v) is 11.7. The van der Waals surface area contributed by atoms with Crippen molar-refractivity contribution >= 4 is 11.6 Å². The summed E-state index contributed by atoms with van der Waals surface area (Å²) in [5, 5.41) is 3.10. The maximum Gasteiger partial charge on any atom is 0.254 e. The molecule has 0 spiro atoms. The fourth-order valence-corrected chi connectivity index (χ4v) is 2.85. The third kappa shape index (κ3) is 2.73. The van der Waals surface area contributed by atoms with Crippen LogP contribution in [0.1, 0.15) is 40.4 Å². The first-order valence-electron chi connectivity index (χ1n) is 7.09. The van der Waals surface area contributed by atoms with Gasteiger partial charge < -0.3 is 10.7 Å². The molecule has 2 aromatic rings. The van der Waals surface area contributed by atoms with Crippen molar-refractivity contribution in [3.05, 3.63) is 59.4 Å². The average molecular weight is 282 g/mol. The largest absolute Gasteiger partial charge is 0.345 e. The summed E-state index contributed by atoms with van der Waals surface area (Å²) in [5.41, 5.74) is 6.08. The highest BCUT2D eigenvalue weighted by Crippen LogP contribution is 2.29. The maximum absolute atomic E-state index is 12.5. The average Bonchev–Trinajstić information content (AvgIpc) is 2.55. The number of rotatable bonds is 3. The van der Waals surface area contributed by atoms with Crippen LogP contribution in [0.25, 0.3) is 0 Å². The third-order valence-electron chi connectivity index (χ3n) is 3.90. The lowest BCUT2D eigenvalue weighted by molar-refractivity contribution is 0.0933. The number of nitrogens with one attached hydrogen (secondary N) is 2. The van der Waals surface area contributed by atoms with Crippen LogP contribution in [-0.2, 0) is 6.42 Å². The predicted molar refractivity (Wildman–Crippen MR) is 81.6 cm³/mol. The highest BCUT2D eigenvalue weighted by atomic mass is 16.1. The lowest BCUT2D eigenvalue weighted by atomic mass is 9.87. The number of nitrogens with two attached hydrogens (primary N) is 1. The van der Waals surface area contributed by atoms with Crippen LogP contribution in [0.4, 0.5) is 5.69 Å². The Labute approximate surface area is 123 Å². The molecule has 0 bridgehead atoms. The molecule has 5 heteroatoms. The fourth-order valence-electron chi connectivity index (χ4n) is 2.85. The molecule has 3 rings (SSSR count). The van der Waals surface area contributed by atoms with Gasteiger partial charge in [-0.25, -0.2) is 0 Å². The number of hydrogen-bond acceptors (Lipinski definition) is 4. The van der Waals surface area contributed by atoms with Gasteiger partial charge in [-0.3, -0.25) is 15.6 Å². The van der Waals surface area contributed by atoms with Gasteiger partial charge in [0.25, 0.3) is 5.91 Å². The number of pyridine rings is 1. The number of aromatic nitrogens is 1. The van der Waals surface area contributed by atoms with E-state index in [0.717, 1.165) is 19.3 Å². The summed E-state index contributed by atoms with van der Waals surface area (Å²) in [6, 6.07) is 10.0. The summed E-state index contributed by atoms with van der Waals surface area (Å²) in [7, 11) is 0. The number of aryl methyl sites for hydroxylation is 1. The third-order valence-corrected chi connectivity index (χ3v) is 3.90. The standard InChI is InChI=1S/C16H18N4O/c17-20-15-10-18-9-8-13(15)16(21)19-14-7-3-5-11-4-1-2-6-12(11)14/h1-2,4,6,8-10,14,20H,3,5,7,17H2,(H,19,21). The van der Waals surface area contributed by atoms with Gasteiger partial charge in [0.2, 0.25) is 0 Å². The Hall–Kier alpha value is -2.40. The highest BCUT2D eigenvalue weighted by Gasteiger charge is 2.22. The summed E-state index contributed by atoms with van der Waals surface area (Å²) in [6.45, 7) is 0. The normalized spacial score (nSPS) is 16.9. The van der Waals surface area contributed by atoms with E-state index < -0.39 is 0 Å². The first kappa shape index (κ1) is 13.6. The number of hydrogen-bond donors (Lipinski definition) is 3. The number of benzene rings is 1. The van der Waals surface area contributed by atoms with Crippen molar-refractivity contribution in [1.29, 1.82) is 0 Å². The minimum atomic E-state index is -0.132. The van der Waals surface area contributed by atoms with Crippen LogP contribution >= 0.6 is 0 Å². The number of amides is 1. The second kappa shape index (κ2) is 5.93. The van der Waals surface area contributed by atoms with Gasteiger partial charge in [0.1, 0.15) is 0 Å². The molecule has 4 N–H and O–H groups in total. The number of hydrazine groups is 1. The second-order valence-corrected chi connectivity index (χ2v) is 5.18. The van der Waals surface area contributed by atoms with Crippen LogP contribution in [0, 0.1) is 0 Å². The van der Waals surface area contributed by atoms with Crippen LogP contribution < -0.4 is 16.6 Å². The zero-order chi connectivity index (χ0) is 14.7. The van der Waals surface area contributed by atoms with Crippen molar-refractivity contribution in [2.75, 3.05) is 5.43 Å². The summed E-state index contributed by atoms with van der Waals surface area (Å²) in [6.07, 6.45) is 6.25. The predicted octanol–water partition coefficient (Wildman–Crippen LogP) is 2.17. The molecule has 0 saturated carbocycles. The summed E-state index contributed by atoms with van der Waals surface area (Å²) < 4.78 is 0. The molecule has 1 aliphatic carbocycles. The Bertz CT molecular complexity index is 656. The van der Waals surface area contributed by atoms with E-state index in [4.69, 9.17) is 5.84 Å². The number of fused-ring (bicyclic) bond motifs is 1. The number of nitrogens with zero attached hydrogens (tertiary/aromatic N) is 1. The summed E-state index contributed by atoms with van der Waals surface area (Å²) >= 11 is 0. The van der Waals surface area contributed by atoms with Gasteiger partial charge in [-0.1, -0.05) is 24.3 Å². The lowest BCUT2D eigenvalue weighted by Crippen LogP contribution is -2.31. The molecule has 0 saturated heterocycles. The minimum Gasteiger partial charge on any atom is -0.345 e. The maximum atomic E-state index is 12.5.